The molecule has 2 rings (SSSR count). The van der Waals surface area contributed by atoms with E-state index in [1.165, 1.54) is 16.4 Å². The molecule has 0 saturated carbocycles. The quantitative estimate of drug-likeness (QED) is 0.525. The number of anilines is 1. The molecule has 0 unspecified atom stereocenters. The Kier molecular flexibility index (Phi) is 7.85. The van der Waals surface area contributed by atoms with Crippen LogP contribution in [0.1, 0.15) is 6.42 Å². The zero-order valence-electron chi connectivity index (χ0n) is 14.0. The molecule has 1 fully saturated rings. The highest BCUT2D eigenvalue weighted by atomic mass is 35.5. The van der Waals surface area contributed by atoms with E-state index < -0.39 is 10.0 Å². The second kappa shape index (κ2) is 9.65. The predicted octanol–water partition coefficient (Wildman–Crippen LogP) is 1.68. The first-order chi connectivity index (χ1) is 11.9. The van der Waals surface area contributed by atoms with Crippen molar-refractivity contribution in [3.63, 3.8) is 0 Å². The Morgan fingerprint density at radius 1 is 1.40 bits per heavy atom. The third kappa shape index (κ3) is 5.77. The SMILES string of the molecule is COCCCNC(=S)Nc1cc(S(=O)(=O)N2CCOCC2)ccc1Cl. The first kappa shape index (κ1) is 20.3. The van der Waals surface area contributed by atoms with Gasteiger partial charge >= 0.3 is 0 Å². The van der Waals surface area contributed by atoms with Gasteiger partial charge in [-0.2, -0.15) is 4.31 Å². The molecule has 10 heteroatoms. The third-order valence-electron chi connectivity index (χ3n) is 3.60. The van der Waals surface area contributed by atoms with Crippen molar-refractivity contribution in [1.29, 1.82) is 0 Å². The average molecular weight is 408 g/mol. The molecule has 1 aromatic carbocycles. The molecule has 0 aliphatic carbocycles. The molecular formula is C15H22ClN3O4S2. The van der Waals surface area contributed by atoms with Gasteiger partial charge in [-0.25, -0.2) is 8.42 Å². The van der Waals surface area contributed by atoms with Gasteiger partial charge in [0, 0.05) is 33.4 Å². The van der Waals surface area contributed by atoms with Gasteiger partial charge in [-0.15, -0.1) is 0 Å². The number of hydrogen-bond donors (Lipinski definition) is 2. The summed E-state index contributed by atoms with van der Waals surface area (Å²) >= 11 is 11.4. The van der Waals surface area contributed by atoms with Crippen molar-refractivity contribution in [2.75, 3.05) is 51.9 Å². The van der Waals surface area contributed by atoms with Crippen LogP contribution in [0.5, 0.6) is 0 Å². The molecule has 25 heavy (non-hydrogen) atoms. The molecule has 2 N–H and O–H groups in total. The van der Waals surface area contributed by atoms with Crippen molar-refractivity contribution < 1.29 is 17.9 Å². The lowest BCUT2D eigenvalue weighted by Gasteiger charge is -2.26. The van der Waals surface area contributed by atoms with Crippen LogP contribution in [-0.2, 0) is 19.5 Å². The lowest BCUT2D eigenvalue weighted by atomic mass is 10.3. The van der Waals surface area contributed by atoms with Crippen LogP contribution in [0, 0.1) is 0 Å². The number of nitrogens with one attached hydrogen (secondary N) is 2. The second-order valence-electron chi connectivity index (χ2n) is 5.39. The van der Waals surface area contributed by atoms with Gasteiger partial charge in [0.25, 0.3) is 0 Å². The van der Waals surface area contributed by atoms with Crippen LogP contribution >= 0.6 is 23.8 Å². The third-order valence-corrected chi connectivity index (χ3v) is 6.08. The summed E-state index contributed by atoms with van der Waals surface area (Å²) in [5, 5.41) is 6.73. The summed E-state index contributed by atoms with van der Waals surface area (Å²) in [6, 6.07) is 4.54. The van der Waals surface area contributed by atoms with Crippen LogP contribution in [-0.4, -0.2) is 64.4 Å². The molecule has 0 atom stereocenters. The molecule has 1 aliphatic rings. The van der Waals surface area contributed by atoms with Gasteiger partial charge in [0.2, 0.25) is 10.0 Å². The highest BCUT2D eigenvalue weighted by Gasteiger charge is 2.26. The molecular weight excluding hydrogens is 386 g/mol. The monoisotopic (exact) mass is 407 g/mol. The smallest absolute Gasteiger partial charge is 0.243 e. The summed E-state index contributed by atoms with van der Waals surface area (Å²) in [4.78, 5) is 0.170. The molecule has 0 aromatic heterocycles. The molecule has 1 aliphatic heterocycles. The fraction of sp³-hybridized carbons (Fsp3) is 0.533. The number of benzene rings is 1. The number of morpholine rings is 1. The van der Waals surface area contributed by atoms with Crippen molar-refractivity contribution in [1.82, 2.24) is 9.62 Å². The summed E-state index contributed by atoms with van der Waals surface area (Å²) in [7, 11) is -1.95. The van der Waals surface area contributed by atoms with E-state index in [0.29, 0.717) is 55.3 Å². The number of nitrogens with zero attached hydrogens (tertiary/aromatic N) is 1. The normalized spacial score (nSPS) is 15.8. The summed E-state index contributed by atoms with van der Waals surface area (Å²) in [6.45, 7) is 2.74. The van der Waals surface area contributed by atoms with Crippen LogP contribution in [0.4, 0.5) is 5.69 Å². The number of rotatable bonds is 7. The maximum atomic E-state index is 12.7. The van der Waals surface area contributed by atoms with Crippen LogP contribution in [0.3, 0.4) is 0 Å². The van der Waals surface area contributed by atoms with Crippen LogP contribution in [0.15, 0.2) is 23.1 Å². The van der Waals surface area contributed by atoms with E-state index in [-0.39, 0.29) is 4.90 Å². The Morgan fingerprint density at radius 3 is 2.80 bits per heavy atom. The number of methoxy groups -OCH3 is 1. The summed E-state index contributed by atoms with van der Waals surface area (Å²) < 4.78 is 37.0. The second-order valence-corrected chi connectivity index (χ2v) is 8.14. The molecule has 7 nitrogen and oxygen atoms in total. The van der Waals surface area contributed by atoms with Gasteiger partial charge in [0.05, 0.1) is 28.8 Å². The van der Waals surface area contributed by atoms with Gasteiger partial charge in [-0.05, 0) is 36.8 Å². The van der Waals surface area contributed by atoms with Gasteiger partial charge in [-0.1, -0.05) is 11.6 Å². The Balaban J connectivity index is 2.07. The minimum Gasteiger partial charge on any atom is -0.385 e. The van der Waals surface area contributed by atoms with Gasteiger partial charge in [0.1, 0.15) is 0 Å². The van der Waals surface area contributed by atoms with E-state index in [4.69, 9.17) is 33.3 Å². The van der Waals surface area contributed by atoms with Crippen LogP contribution in [0.2, 0.25) is 5.02 Å². The van der Waals surface area contributed by atoms with E-state index in [1.807, 2.05) is 0 Å². The minimum atomic E-state index is -3.59. The maximum absolute atomic E-state index is 12.7. The molecule has 0 amide bonds. The van der Waals surface area contributed by atoms with Crippen LogP contribution < -0.4 is 10.6 Å². The highest BCUT2D eigenvalue weighted by molar-refractivity contribution is 7.89. The van der Waals surface area contributed by atoms with Crippen molar-refractivity contribution >= 4 is 44.6 Å². The standard InChI is InChI=1S/C15H22ClN3O4S2/c1-22-8-2-5-17-15(24)18-14-11-12(3-4-13(14)16)25(20,21)19-6-9-23-10-7-19/h3-4,11H,2,5-10H2,1H3,(H2,17,18,24). The maximum Gasteiger partial charge on any atom is 0.243 e. The molecule has 1 aromatic rings. The van der Waals surface area contributed by atoms with E-state index in [9.17, 15) is 8.42 Å². The topological polar surface area (TPSA) is 79.9 Å². The number of thiocarbonyl (C=S) groups is 1. The largest absolute Gasteiger partial charge is 0.385 e. The van der Waals surface area contributed by atoms with Crippen molar-refractivity contribution in [3.05, 3.63) is 23.2 Å². The fourth-order valence-corrected chi connectivity index (χ4v) is 4.09. The van der Waals surface area contributed by atoms with Crippen molar-refractivity contribution in [3.8, 4) is 0 Å². The lowest BCUT2D eigenvalue weighted by Crippen LogP contribution is -2.40. The number of hydrogen-bond acceptors (Lipinski definition) is 5. The molecule has 1 heterocycles. The van der Waals surface area contributed by atoms with E-state index in [2.05, 4.69) is 10.6 Å². The van der Waals surface area contributed by atoms with Crippen molar-refractivity contribution in [2.24, 2.45) is 0 Å². The Bertz CT molecular complexity index is 694. The average Bonchev–Trinajstić information content (AvgIpc) is 2.61. The van der Waals surface area contributed by atoms with E-state index in [1.54, 1.807) is 13.2 Å². The molecule has 140 valence electrons. The molecule has 0 bridgehead atoms. The summed E-state index contributed by atoms with van der Waals surface area (Å²) in [6.07, 6.45) is 0.803. The highest BCUT2D eigenvalue weighted by Crippen LogP contribution is 2.27. The van der Waals surface area contributed by atoms with Crippen LogP contribution in [0.25, 0.3) is 0 Å². The summed E-state index contributed by atoms with van der Waals surface area (Å²) in [5.41, 5.74) is 0.445. The Hall–Kier alpha value is -0.970. The molecule has 1 saturated heterocycles. The van der Waals surface area contributed by atoms with E-state index in [0.717, 1.165) is 6.42 Å². The number of sulfonamides is 1. The predicted molar refractivity (Wildman–Crippen MR) is 102 cm³/mol. The first-order valence-corrected chi connectivity index (χ1v) is 10.1. The fourth-order valence-electron chi connectivity index (χ4n) is 2.28. The molecule has 0 radical (unpaired) electrons. The lowest BCUT2D eigenvalue weighted by molar-refractivity contribution is 0.0730. The van der Waals surface area contributed by atoms with E-state index >= 15 is 0 Å². The number of halogens is 1. The molecule has 0 spiro atoms. The summed E-state index contributed by atoms with van der Waals surface area (Å²) in [5.74, 6) is 0. The number of ether oxygens (including phenoxy) is 2. The minimum absolute atomic E-state index is 0.170. The first-order valence-electron chi connectivity index (χ1n) is 7.86. The van der Waals surface area contributed by atoms with Gasteiger partial charge < -0.3 is 20.1 Å². The van der Waals surface area contributed by atoms with Gasteiger partial charge in [-0.3, -0.25) is 0 Å². The van der Waals surface area contributed by atoms with Crippen molar-refractivity contribution in [2.45, 2.75) is 11.3 Å². The Labute approximate surface area is 158 Å². The Morgan fingerprint density at radius 2 is 2.12 bits per heavy atom. The van der Waals surface area contributed by atoms with Gasteiger partial charge in [0.15, 0.2) is 5.11 Å². The zero-order valence-corrected chi connectivity index (χ0v) is 16.3. The zero-order chi connectivity index (χ0) is 18.3.